The van der Waals surface area contributed by atoms with Gasteiger partial charge in [-0.05, 0) is 25.5 Å². The molecule has 18 heavy (non-hydrogen) atoms. The Hall–Kier alpha value is -0.670. The molecule has 0 radical (unpaired) electrons. The quantitative estimate of drug-likeness (QED) is 0.886. The van der Waals surface area contributed by atoms with Crippen molar-refractivity contribution in [2.24, 2.45) is 0 Å². The van der Waals surface area contributed by atoms with E-state index in [9.17, 15) is 4.21 Å². The zero-order valence-corrected chi connectivity index (χ0v) is 11.9. The van der Waals surface area contributed by atoms with Crippen molar-refractivity contribution in [2.45, 2.75) is 43.4 Å². The van der Waals surface area contributed by atoms with Crippen molar-refractivity contribution in [3.8, 4) is 0 Å². The van der Waals surface area contributed by atoms with Crippen LogP contribution in [0.3, 0.4) is 0 Å². The van der Waals surface area contributed by atoms with Gasteiger partial charge in [0, 0.05) is 27.8 Å². The summed E-state index contributed by atoms with van der Waals surface area (Å²) in [5.41, 5.74) is 1.24. The minimum atomic E-state index is -0.699. The van der Waals surface area contributed by atoms with Crippen LogP contribution >= 0.6 is 0 Å². The Bertz CT molecular complexity index is 373. The van der Waals surface area contributed by atoms with Crippen LogP contribution in [0.4, 0.5) is 0 Å². The fraction of sp³-hybridized carbons (Fsp3) is 0.600. The van der Waals surface area contributed by atoms with E-state index >= 15 is 0 Å². The van der Waals surface area contributed by atoms with Crippen LogP contribution in [0.25, 0.3) is 0 Å². The average molecular weight is 265 g/mol. The lowest BCUT2D eigenvalue weighted by molar-refractivity contribution is 0.502. The SMILES string of the molecule is CNC(CS(=O)C1CCCCC1)c1ccccc1. The molecule has 1 aliphatic rings. The second-order valence-corrected chi connectivity index (χ2v) is 6.82. The topological polar surface area (TPSA) is 29.1 Å². The van der Waals surface area contributed by atoms with Crippen molar-refractivity contribution in [1.82, 2.24) is 5.32 Å². The second kappa shape index (κ2) is 7.05. The molecule has 0 aromatic heterocycles. The molecule has 0 amide bonds. The number of benzene rings is 1. The second-order valence-electron chi connectivity index (χ2n) is 5.06. The average Bonchev–Trinajstić information content (AvgIpc) is 2.46. The summed E-state index contributed by atoms with van der Waals surface area (Å²) in [6.07, 6.45) is 6.13. The molecule has 2 nitrogen and oxygen atoms in total. The van der Waals surface area contributed by atoms with Gasteiger partial charge >= 0.3 is 0 Å². The number of nitrogens with one attached hydrogen (secondary N) is 1. The van der Waals surface area contributed by atoms with E-state index in [-0.39, 0.29) is 6.04 Å². The molecule has 1 aromatic rings. The van der Waals surface area contributed by atoms with E-state index in [2.05, 4.69) is 17.4 Å². The normalized spacial score (nSPS) is 20.5. The van der Waals surface area contributed by atoms with Gasteiger partial charge in [-0.2, -0.15) is 0 Å². The zero-order valence-electron chi connectivity index (χ0n) is 11.1. The Morgan fingerprint density at radius 1 is 1.22 bits per heavy atom. The highest BCUT2D eigenvalue weighted by Gasteiger charge is 2.22. The largest absolute Gasteiger partial charge is 0.312 e. The first-order valence-corrected chi connectivity index (χ1v) is 8.29. The van der Waals surface area contributed by atoms with Gasteiger partial charge < -0.3 is 5.32 Å². The third-order valence-corrected chi connectivity index (χ3v) is 5.68. The van der Waals surface area contributed by atoms with Gasteiger partial charge in [0.05, 0.1) is 0 Å². The molecule has 2 atom stereocenters. The Kier molecular flexibility index (Phi) is 5.39. The minimum Gasteiger partial charge on any atom is -0.312 e. The maximum Gasteiger partial charge on any atom is 0.0434 e. The Balaban J connectivity index is 1.95. The molecule has 0 heterocycles. The van der Waals surface area contributed by atoms with E-state index in [0.29, 0.717) is 5.25 Å². The Labute approximate surface area is 113 Å². The third-order valence-electron chi connectivity index (χ3n) is 3.81. The van der Waals surface area contributed by atoms with Gasteiger partial charge in [-0.15, -0.1) is 0 Å². The van der Waals surface area contributed by atoms with Crippen LogP contribution < -0.4 is 5.32 Å². The number of rotatable bonds is 5. The van der Waals surface area contributed by atoms with E-state index in [1.165, 1.54) is 24.8 Å². The summed E-state index contributed by atoms with van der Waals surface area (Å²) in [7, 11) is 1.25. The standard InChI is InChI=1S/C15H23NOS/c1-16-15(13-8-4-2-5-9-13)12-18(17)14-10-6-3-7-11-14/h2,4-5,8-9,14-16H,3,6-7,10-12H2,1H3. The van der Waals surface area contributed by atoms with Gasteiger partial charge in [0.2, 0.25) is 0 Å². The van der Waals surface area contributed by atoms with Crippen molar-refractivity contribution in [1.29, 1.82) is 0 Å². The zero-order chi connectivity index (χ0) is 12.8. The predicted molar refractivity (Wildman–Crippen MR) is 78.1 cm³/mol. The van der Waals surface area contributed by atoms with Crippen molar-refractivity contribution >= 4 is 10.8 Å². The van der Waals surface area contributed by atoms with E-state index in [0.717, 1.165) is 18.6 Å². The molecule has 1 aliphatic carbocycles. The maximum atomic E-state index is 12.4. The summed E-state index contributed by atoms with van der Waals surface area (Å²) in [6, 6.07) is 10.5. The van der Waals surface area contributed by atoms with E-state index in [1.54, 1.807) is 0 Å². The summed E-state index contributed by atoms with van der Waals surface area (Å²) >= 11 is 0. The molecular formula is C15H23NOS. The van der Waals surface area contributed by atoms with Crippen LogP contribution in [0.2, 0.25) is 0 Å². The Morgan fingerprint density at radius 2 is 1.89 bits per heavy atom. The van der Waals surface area contributed by atoms with Gasteiger partial charge in [-0.3, -0.25) is 4.21 Å². The lowest BCUT2D eigenvalue weighted by Gasteiger charge is -2.24. The molecular weight excluding hydrogens is 242 g/mol. The summed E-state index contributed by atoms with van der Waals surface area (Å²) < 4.78 is 12.4. The van der Waals surface area contributed by atoms with Crippen LogP contribution in [0, 0.1) is 0 Å². The third kappa shape index (κ3) is 3.66. The molecule has 2 rings (SSSR count). The van der Waals surface area contributed by atoms with Gasteiger partial charge in [0.25, 0.3) is 0 Å². The molecule has 0 bridgehead atoms. The van der Waals surface area contributed by atoms with Crippen molar-refractivity contribution in [3.63, 3.8) is 0 Å². The lowest BCUT2D eigenvalue weighted by Crippen LogP contribution is -2.28. The molecule has 1 fully saturated rings. The molecule has 3 heteroatoms. The molecule has 0 saturated heterocycles. The summed E-state index contributed by atoms with van der Waals surface area (Å²) in [6.45, 7) is 0. The molecule has 2 unspecified atom stereocenters. The summed E-state index contributed by atoms with van der Waals surface area (Å²) in [5.74, 6) is 0.741. The fourth-order valence-corrected chi connectivity index (χ4v) is 4.48. The molecule has 100 valence electrons. The van der Waals surface area contributed by atoms with Crippen LogP contribution in [0.5, 0.6) is 0 Å². The van der Waals surface area contributed by atoms with E-state index in [1.807, 2.05) is 25.2 Å². The highest BCUT2D eigenvalue weighted by Crippen LogP contribution is 2.24. The van der Waals surface area contributed by atoms with E-state index in [4.69, 9.17) is 0 Å². The monoisotopic (exact) mass is 265 g/mol. The molecule has 0 aliphatic heterocycles. The van der Waals surface area contributed by atoms with Crippen molar-refractivity contribution < 1.29 is 4.21 Å². The molecule has 1 aromatic carbocycles. The first-order valence-electron chi connectivity index (χ1n) is 6.90. The summed E-state index contributed by atoms with van der Waals surface area (Å²) in [4.78, 5) is 0. The van der Waals surface area contributed by atoms with Crippen LogP contribution in [0.1, 0.15) is 43.7 Å². The molecule has 1 saturated carbocycles. The fourth-order valence-electron chi connectivity index (χ4n) is 2.66. The highest BCUT2D eigenvalue weighted by molar-refractivity contribution is 7.85. The van der Waals surface area contributed by atoms with Gasteiger partial charge in [-0.1, -0.05) is 49.6 Å². The Morgan fingerprint density at radius 3 is 2.50 bits per heavy atom. The first kappa shape index (κ1) is 13.8. The van der Waals surface area contributed by atoms with Crippen LogP contribution in [-0.2, 0) is 10.8 Å². The van der Waals surface area contributed by atoms with Gasteiger partial charge in [-0.25, -0.2) is 0 Å². The summed E-state index contributed by atoms with van der Waals surface area (Å²) in [5, 5.41) is 3.72. The molecule has 1 N–H and O–H groups in total. The first-order chi connectivity index (χ1) is 8.81. The van der Waals surface area contributed by atoms with Crippen molar-refractivity contribution in [3.05, 3.63) is 35.9 Å². The predicted octanol–water partition coefficient (Wildman–Crippen LogP) is 3.03. The smallest absolute Gasteiger partial charge is 0.0434 e. The lowest BCUT2D eigenvalue weighted by atomic mass is 10.0. The van der Waals surface area contributed by atoms with Crippen molar-refractivity contribution in [2.75, 3.05) is 12.8 Å². The van der Waals surface area contributed by atoms with Crippen LogP contribution in [0.15, 0.2) is 30.3 Å². The number of hydrogen-bond acceptors (Lipinski definition) is 2. The molecule has 0 spiro atoms. The maximum absolute atomic E-state index is 12.4. The van der Waals surface area contributed by atoms with Gasteiger partial charge in [0.15, 0.2) is 0 Å². The minimum absolute atomic E-state index is 0.217. The van der Waals surface area contributed by atoms with Gasteiger partial charge in [0.1, 0.15) is 0 Å². The number of hydrogen-bond donors (Lipinski definition) is 1. The van der Waals surface area contributed by atoms with Crippen LogP contribution in [-0.4, -0.2) is 22.3 Å². The highest BCUT2D eigenvalue weighted by atomic mass is 32.2. The van der Waals surface area contributed by atoms with E-state index < -0.39 is 10.8 Å².